The van der Waals surface area contributed by atoms with Crippen LogP contribution in [-0.2, 0) is 24.3 Å². The molecule has 0 unspecified atom stereocenters. The van der Waals surface area contributed by atoms with Gasteiger partial charge in [0.25, 0.3) is 5.91 Å². The van der Waals surface area contributed by atoms with E-state index >= 15 is 0 Å². The van der Waals surface area contributed by atoms with Crippen molar-refractivity contribution in [2.45, 2.75) is 52.2 Å². The average Bonchev–Trinajstić information content (AvgIpc) is 2.95. The molecule has 0 aromatic heterocycles. The Hall–Kier alpha value is -4.57. The number of esters is 1. The summed E-state index contributed by atoms with van der Waals surface area (Å²) in [5.41, 5.74) is 6.22. The van der Waals surface area contributed by atoms with Gasteiger partial charge in [0.2, 0.25) is 10.0 Å². The van der Waals surface area contributed by atoms with Gasteiger partial charge in [-0.15, -0.1) is 0 Å². The van der Waals surface area contributed by atoms with Crippen molar-refractivity contribution in [3.8, 4) is 11.8 Å². The summed E-state index contributed by atoms with van der Waals surface area (Å²) in [5.74, 6) is -2.50. The van der Waals surface area contributed by atoms with E-state index in [9.17, 15) is 22.8 Å². The second-order valence-corrected chi connectivity index (χ2v) is 13.0. The quantitative estimate of drug-likeness (QED) is 0.364. The number of nitrogens with two attached hydrogens (primary N) is 1. The first-order valence-electron chi connectivity index (χ1n) is 14.1. The topological polar surface area (TPSA) is 169 Å². The van der Waals surface area contributed by atoms with Gasteiger partial charge in [0.15, 0.2) is 5.75 Å². The SMILES string of the molecule is CCOC(=O)CS(=O)(=O)N(C/C=C/c1cccc(C#N)c1)c1ccc(OC2CCN(C(=O)OC(C)(C)C)CC2)c(C(N)=O)c1. The summed E-state index contributed by atoms with van der Waals surface area (Å²) in [6.07, 6.45) is 3.44. The Labute approximate surface area is 258 Å². The monoisotopic (exact) mass is 626 g/mol. The lowest BCUT2D eigenvalue weighted by Gasteiger charge is -2.33. The van der Waals surface area contributed by atoms with Crippen LogP contribution in [0.4, 0.5) is 10.5 Å². The van der Waals surface area contributed by atoms with Gasteiger partial charge in [0, 0.05) is 25.9 Å². The standard InChI is InChI=1S/C31H38N4O8S/c1-5-41-28(36)21-44(39,40)35(15-7-10-22-8-6-9-23(18-22)20-32)24-11-12-27(26(19-24)29(33)37)42-25-13-16-34(17-14-25)30(38)43-31(2,3)4/h6-12,18-19,25H,5,13-17,21H2,1-4H3,(H2,33,37)/b10-7+. The van der Waals surface area contributed by atoms with Gasteiger partial charge in [-0.1, -0.05) is 24.3 Å². The van der Waals surface area contributed by atoms with Crippen molar-refractivity contribution in [3.63, 3.8) is 0 Å². The van der Waals surface area contributed by atoms with Crippen LogP contribution in [0.3, 0.4) is 0 Å². The number of ether oxygens (including phenoxy) is 3. The number of nitriles is 1. The molecule has 0 bridgehead atoms. The summed E-state index contributed by atoms with van der Waals surface area (Å²) < 4.78 is 44.1. The average molecular weight is 627 g/mol. The minimum absolute atomic E-state index is 0.0120. The number of carbonyl (C=O) groups is 3. The fourth-order valence-electron chi connectivity index (χ4n) is 4.44. The third-order valence-electron chi connectivity index (χ3n) is 6.44. The van der Waals surface area contributed by atoms with Gasteiger partial charge in [0.1, 0.15) is 17.5 Å². The molecule has 13 heteroatoms. The first kappa shape index (κ1) is 33.9. The number of hydrogen-bond donors (Lipinski definition) is 1. The van der Waals surface area contributed by atoms with Gasteiger partial charge in [-0.25, -0.2) is 13.2 Å². The molecule has 0 atom stereocenters. The molecule has 0 radical (unpaired) electrons. The van der Waals surface area contributed by atoms with Crippen molar-refractivity contribution in [1.29, 1.82) is 5.26 Å². The van der Waals surface area contributed by atoms with Crippen LogP contribution in [0.5, 0.6) is 5.75 Å². The van der Waals surface area contributed by atoms with Crippen LogP contribution in [0.2, 0.25) is 0 Å². The van der Waals surface area contributed by atoms with Crippen LogP contribution in [0, 0.1) is 11.3 Å². The molecule has 2 aromatic rings. The number of hydrogen-bond acceptors (Lipinski definition) is 9. The molecule has 2 N–H and O–H groups in total. The number of primary amides is 1. The van der Waals surface area contributed by atoms with Crippen LogP contribution in [0.25, 0.3) is 6.08 Å². The maximum absolute atomic E-state index is 13.4. The molecule has 12 nitrogen and oxygen atoms in total. The highest BCUT2D eigenvalue weighted by molar-refractivity contribution is 7.93. The molecule has 0 spiro atoms. The summed E-state index contributed by atoms with van der Waals surface area (Å²) in [6, 6.07) is 13.0. The normalized spacial score (nSPS) is 14.1. The zero-order valence-corrected chi connectivity index (χ0v) is 26.1. The molecule has 1 aliphatic rings. The Morgan fingerprint density at radius 3 is 2.45 bits per heavy atom. The van der Waals surface area contributed by atoms with Gasteiger partial charge in [-0.05, 0) is 63.6 Å². The number of nitrogens with zero attached hydrogens (tertiary/aromatic N) is 3. The van der Waals surface area contributed by atoms with E-state index in [1.165, 1.54) is 18.2 Å². The molecule has 0 aliphatic carbocycles. The lowest BCUT2D eigenvalue weighted by atomic mass is 10.1. The van der Waals surface area contributed by atoms with Crippen molar-refractivity contribution in [3.05, 3.63) is 65.2 Å². The van der Waals surface area contributed by atoms with E-state index in [4.69, 9.17) is 25.2 Å². The Morgan fingerprint density at radius 2 is 1.84 bits per heavy atom. The molecule has 1 aliphatic heterocycles. The Bertz CT molecular complexity index is 1530. The molecule has 2 amide bonds. The number of sulfonamides is 1. The van der Waals surface area contributed by atoms with E-state index < -0.39 is 39.3 Å². The smallest absolute Gasteiger partial charge is 0.410 e. The van der Waals surface area contributed by atoms with Gasteiger partial charge >= 0.3 is 12.1 Å². The van der Waals surface area contributed by atoms with Crippen LogP contribution in [-0.4, -0.2) is 75.0 Å². The Balaban J connectivity index is 1.84. The fraction of sp³-hybridized carbons (Fsp3) is 0.419. The predicted molar refractivity (Wildman–Crippen MR) is 164 cm³/mol. The number of carbonyl (C=O) groups excluding carboxylic acids is 3. The van der Waals surface area contributed by atoms with Gasteiger partial charge in [0.05, 0.1) is 36.0 Å². The minimum atomic E-state index is -4.26. The number of likely N-dealkylation sites (tertiary alicyclic amines) is 1. The van der Waals surface area contributed by atoms with Crippen LogP contribution < -0.4 is 14.8 Å². The molecule has 44 heavy (non-hydrogen) atoms. The maximum Gasteiger partial charge on any atom is 0.410 e. The van der Waals surface area contributed by atoms with Crippen LogP contribution in [0.1, 0.15) is 62.0 Å². The Morgan fingerprint density at radius 1 is 1.14 bits per heavy atom. The van der Waals surface area contributed by atoms with Gasteiger partial charge < -0.3 is 24.8 Å². The number of rotatable bonds is 11. The number of anilines is 1. The summed E-state index contributed by atoms with van der Waals surface area (Å²) in [5, 5.41) is 9.15. The van der Waals surface area contributed by atoms with E-state index in [1.54, 1.807) is 69.0 Å². The zero-order valence-electron chi connectivity index (χ0n) is 25.3. The molecule has 236 valence electrons. The molecule has 2 aromatic carbocycles. The fourth-order valence-corrected chi connectivity index (χ4v) is 5.72. The predicted octanol–water partition coefficient (Wildman–Crippen LogP) is 3.85. The summed E-state index contributed by atoms with van der Waals surface area (Å²) in [7, 11) is -4.26. The van der Waals surface area contributed by atoms with Crippen LogP contribution in [0.15, 0.2) is 48.5 Å². The van der Waals surface area contributed by atoms with Crippen LogP contribution >= 0.6 is 0 Å². The molecule has 3 rings (SSSR count). The highest BCUT2D eigenvalue weighted by atomic mass is 32.2. The minimum Gasteiger partial charge on any atom is -0.489 e. The van der Waals surface area contributed by atoms with Gasteiger partial charge in [-0.3, -0.25) is 13.9 Å². The highest BCUT2D eigenvalue weighted by Crippen LogP contribution is 2.30. The second-order valence-electron chi connectivity index (χ2n) is 11.1. The van der Waals surface area contributed by atoms with Crippen molar-refractivity contribution in [2.75, 3.05) is 36.3 Å². The third kappa shape index (κ3) is 9.74. The molecule has 1 saturated heterocycles. The summed E-state index contributed by atoms with van der Waals surface area (Å²) >= 11 is 0. The zero-order chi connectivity index (χ0) is 32.5. The molecule has 0 saturated carbocycles. The van der Waals surface area contributed by atoms with E-state index in [0.717, 1.165) is 4.31 Å². The largest absolute Gasteiger partial charge is 0.489 e. The maximum atomic E-state index is 13.4. The Kier molecular flexibility index (Phi) is 11.4. The summed E-state index contributed by atoms with van der Waals surface area (Å²) in [6.45, 7) is 7.57. The first-order chi connectivity index (χ1) is 20.7. The number of amides is 2. The third-order valence-corrected chi connectivity index (χ3v) is 8.07. The van der Waals surface area contributed by atoms with Gasteiger partial charge in [-0.2, -0.15) is 5.26 Å². The first-order valence-corrected chi connectivity index (χ1v) is 15.7. The van der Waals surface area contributed by atoms with E-state index in [-0.39, 0.29) is 36.3 Å². The van der Waals surface area contributed by atoms with Crippen molar-refractivity contribution >= 4 is 39.8 Å². The van der Waals surface area contributed by atoms with Crippen molar-refractivity contribution in [1.82, 2.24) is 4.90 Å². The van der Waals surface area contributed by atoms with E-state index in [0.29, 0.717) is 37.1 Å². The van der Waals surface area contributed by atoms with Crippen molar-refractivity contribution < 1.29 is 37.0 Å². The molecule has 1 fully saturated rings. The second kappa shape index (κ2) is 14.7. The molecule has 1 heterocycles. The summed E-state index contributed by atoms with van der Waals surface area (Å²) in [4.78, 5) is 38.6. The van der Waals surface area contributed by atoms with Crippen molar-refractivity contribution in [2.24, 2.45) is 5.73 Å². The number of benzene rings is 2. The van der Waals surface area contributed by atoms with E-state index in [2.05, 4.69) is 0 Å². The lowest BCUT2D eigenvalue weighted by molar-refractivity contribution is -0.139. The molecular weight excluding hydrogens is 588 g/mol. The highest BCUT2D eigenvalue weighted by Gasteiger charge is 2.30. The number of piperidine rings is 1. The molecular formula is C31H38N4O8S. The lowest BCUT2D eigenvalue weighted by Crippen LogP contribution is -2.44. The van der Waals surface area contributed by atoms with E-state index in [1.807, 2.05) is 6.07 Å².